The maximum Gasteiger partial charge on any atom is 0.410 e. The van der Waals surface area contributed by atoms with Crippen molar-refractivity contribution < 1.29 is 19.1 Å². The molecule has 1 aromatic carbocycles. The van der Waals surface area contributed by atoms with Crippen LogP contribution in [0.3, 0.4) is 0 Å². The van der Waals surface area contributed by atoms with Gasteiger partial charge in [-0.1, -0.05) is 17.7 Å². The second-order valence-corrected chi connectivity index (χ2v) is 12.8. The molecule has 2 amide bonds. The lowest BCUT2D eigenvalue weighted by Crippen LogP contribution is -2.62. The Morgan fingerprint density at radius 1 is 1.07 bits per heavy atom. The van der Waals surface area contributed by atoms with Gasteiger partial charge in [-0.15, -0.1) is 10.2 Å². The number of anilines is 1. The Kier molecular flexibility index (Phi) is 8.28. The van der Waals surface area contributed by atoms with E-state index in [2.05, 4.69) is 25.3 Å². The lowest BCUT2D eigenvalue weighted by Gasteiger charge is -2.53. The van der Waals surface area contributed by atoms with E-state index in [0.717, 1.165) is 70.5 Å². The minimum Gasteiger partial charge on any atom is -0.490 e. The number of nitrogens with one attached hydrogen (secondary N) is 1. The molecule has 3 heterocycles. The Bertz CT molecular complexity index is 1300. The molecule has 11 heteroatoms. The van der Waals surface area contributed by atoms with Gasteiger partial charge >= 0.3 is 6.09 Å². The van der Waals surface area contributed by atoms with Crippen molar-refractivity contribution in [1.82, 2.24) is 20.4 Å². The zero-order valence-corrected chi connectivity index (χ0v) is 24.6. The lowest BCUT2D eigenvalue weighted by atomic mass is 9.72. The van der Waals surface area contributed by atoms with E-state index in [-0.39, 0.29) is 29.6 Å². The molecule has 3 fully saturated rings. The molecule has 2 aliphatic heterocycles. The van der Waals surface area contributed by atoms with E-state index in [9.17, 15) is 9.59 Å². The molecule has 1 aromatic heterocycles. The molecule has 218 valence electrons. The van der Waals surface area contributed by atoms with Gasteiger partial charge in [-0.05, 0) is 83.6 Å². The van der Waals surface area contributed by atoms with Gasteiger partial charge in [-0.2, -0.15) is 0 Å². The molecular formula is C30H37ClN6O4. The van der Waals surface area contributed by atoms with E-state index in [0.29, 0.717) is 22.2 Å². The monoisotopic (exact) mass is 580 g/mol. The third-order valence-electron chi connectivity index (χ3n) is 8.09. The number of aromatic nitrogens is 2. The highest BCUT2D eigenvalue weighted by Gasteiger charge is 2.48. The summed E-state index contributed by atoms with van der Waals surface area (Å²) in [5.41, 5.74) is 0.389. The van der Waals surface area contributed by atoms with E-state index >= 15 is 0 Å². The average molecular weight is 581 g/mol. The van der Waals surface area contributed by atoms with Crippen molar-refractivity contribution in [2.24, 2.45) is 5.41 Å². The number of nitrogens with zero attached hydrogens (tertiary/aromatic N) is 5. The number of rotatable bonds is 5. The number of hydrogen-bond acceptors (Lipinski definition) is 7. The van der Waals surface area contributed by atoms with Crippen LogP contribution in [0.25, 0.3) is 4.85 Å². The number of benzene rings is 1. The molecule has 1 aliphatic carbocycles. The maximum absolute atomic E-state index is 12.8. The smallest absolute Gasteiger partial charge is 0.410 e. The number of likely N-dealkylation sites (tertiary alicyclic amines) is 1. The standard InChI is InChI=1S/C30H37ClN6O4/c1-29(2,3)41-28(39)37-18-30(19-37)13-15-36(16-14-30)26-12-11-25(34-35-26)27(38)33-20-5-7-21(8-6-20)40-22-9-10-24(32-4)23(31)17-22/h9-12,17,20-21H,5-8,13-16,18-19H2,1-3H3,(H,33,38). The maximum atomic E-state index is 12.8. The summed E-state index contributed by atoms with van der Waals surface area (Å²) < 4.78 is 11.5. The molecule has 2 saturated heterocycles. The fourth-order valence-electron chi connectivity index (χ4n) is 5.79. The van der Waals surface area contributed by atoms with Gasteiger partial charge in [0.15, 0.2) is 11.5 Å². The Morgan fingerprint density at radius 3 is 2.37 bits per heavy atom. The summed E-state index contributed by atoms with van der Waals surface area (Å²) in [6, 6.07) is 8.77. The van der Waals surface area contributed by atoms with Gasteiger partial charge < -0.3 is 24.6 Å². The van der Waals surface area contributed by atoms with Gasteiger partial charge in [-0.3, -0.25) is 4.79 Å². The van der Waals surface area contributed by atoms with Crippen molar-refractivity contribution in [3.05, 3.63) is 52.5 Å². The number of amides is 2. The van der Waals surface area contributed by atoms with Crippen molar-refractivity contribution >= 4 is 35.1 Å². The van der Waals surface area contributed by atoms with Gasteiger partial charge in [0, 0.05) is 37.6 Å². The molecule has 1 N–H and O–H groups in total. The molecule has 1 spiro atoms. The highest BCUT2D eigenvalue weighted by atomic mass is 35.5. The number of carbonyl (C=O) groups excluding carboxylic acids is 2. The van der Waals surface area contributed by atoms with Crippen molar-refractivity contribution in [3.63, 3.8) is 0 Å². The number of piperidine rings is 1. The third-order valence-corrected chi connectivity index (χ3v) is 8.39. The lowest BCUT2D eigenvalue weighted by molar-refractivity contribution is -0.0434. The van der Waals surface area contributed by atoms with Crippen LogP contribution in [-0.2, 0) is 4.74 Å². The van der Waals surface area contributed by atoms with Crippen LogP contribution in [-0.4, -0.2) is 71.0 Å². The second kappa shape index (κ2) is 11.7. The van der Waals surface area contributed by atoms with Crippen molar-refractivity contribution in [2.45, 2.75) is 77.0 Å². The highest BCUT2D eigenvalue weighted by Crippen LogP contribution is 2.41. The first-order chi connectivity index (χ1) is 19.5. The first-order valence-corrected chi connectivity index (χ1v) is 14.6. The SMILES string of the molecule is [C-]#[N+]c1ccc(OC2CCC(NC(=O)c3ccc(N4CCC5(CC4)CN(C(=O)OC(C)(C)C)C5)nn3)CC2)cc1Cl. The number of ether oxygens (including phenoxy) is 2. The summed E-state index contributed by atoms with van der Waals surface area (Å²) in [6.45, 7) is 15.9. The van der Waals surface area contributed by atoms with Crippen LogP contribution in [0.4, 0.5) is 16.3 Å². The Balaban J connectivity index is 1.04. The van der Waals surface area contributed by atoms with Gasteiger partial charge in [0.25, 0.3) is 5.91 Å². The summed E-state index contributed by atoms with van der Waals surface area (Å²) in [4.78, 5) is 32.5. The van der Waals surface area contributed by atoms with Crippen LogP contribution in [0.1, 0.15) is 69.8 Å². The number of carbonyl (C=O) groups is 2. The quantitative estimate of drug-likeness (QED) is 0.457. The predicted octanol–water partition coefficient (Wildman–Crippen LogP) is 5.64. The molecule has 0 atom stereocenters. The molecule has 2 aromatic rings. The normalized spacial score (nSPS) is 21.9. The van der Waals surface area contributed by atoms with E-state index in [4.69, 9.17) is 27.6 Å². The van der Waals surface area contributed by atoms with Gasteiger partial charge in [0.1, 0.15) is 11.4 Å². The topological polar surface area (TPSA) is 101 Å². The van der Waals surface area contributed by atoms with E-state index in [1.54, 1.807) is 29.2 Å². The van der Waals surface area contributed by atoms with Gasteiger partial charge in [-0.25, -0.2) is 9.64 Å². The van der Waals surface area contributed by atoms with Crippen molar-refractivity contribution in [3.8, 4) is 5.75 Å². The predicted molar refractivity (Wildman–Crippen MR) is 156 cm³/mol. The third kappa shape index (κ3) is 7.02. The fourth-order valence-corrected chi connectivity index (χ4v) is 6.00. The molecule has 0 radical (unpaired) electrons. The minimum atomic E-state index is -0.482. The minimum absolute atomic E-state index is 0.0427. The fraction of sp³-hybridized carbons (Fsp3) is 0.567. The average Bonchev–Trinajstić information content (AvgIpc) is 2.92. The molecule has 41 heavy (non-hydrogen) atoms. The summed E-state index contributed by atoms with van der Waals surface area (Å²) in [7, 11) is 0. The molecule has 10 nitrogen and oxygen atoms in total. The van der Waals surface area contributed by atoms with Crippen LogP contribution in [0.15, 0.2) is 30.3 Å². The summed E-state index contributed by atoms with van der Waals surface area (Å²) >= 11 is 6.12. The Labute approximate surface area is 246 Å². The van der Waals surface area contributed by atoms with E-state index in [1.807, 2.05) is 26.8 Å². The largest absolute Gasteiger partial charge is 0.490 e. The van der Waals surface area contributed by atoms with E-state index in [1.165, 1.54) is 0 Å². The molecule has 0 unspecified atom stereocenters. The second-order valence-electron chi connectivity index (χ2n) is 12.4. The van der Waals surface area contributed by atoms with Crippen LogP contribution < -0.4 is 15.0 Å². The summed E-state index contributed by atoms with van der Waals surface area (Å²) in [5, 5.41) is 12.0. The van der Waals surface area contributed by atoms with Crippen LogP contribution in [0.2, 0.25) is 5.02 Å². The molecule has 1 saturated carbocycles. The van der Waals surface area contributed by atoms with Gasteiger partial charge in [0.2, 0.25) is 5.69 Å². The van der Waals surface area contributed by atoms with Crippen LogP contribution in [0, 0.1) is 12.0 Å². The summed E-state index contributed by atoms with van der Waals surface area (Å²) in [6.07, 6.45) is 4.98. The first-order valence-electron chi connectivity index (χ1n) is 14.2. The highest BCUT2D eigenvalue weighted by molar-refractivity contribution is 6.33. The van der Waals surface area contributed by atoms with Crippen molar-refractivity contribution in [1.29, 1.82) is 0 Å². The molecular weight excluding hydrogens is 544 g/mol. The number of hydrogen-bond donors (Lipinski definition) is 1. The molecule has 3 aliphatic rings. The molecule has 5 rings (SSSR count). The van der Waals surface area contributed by atoms with Gasteiger partial charge in [0.05, 0.1) is 17.7 Å². The summed E-state index contributed by atoms with van der Waals surface area (Å²) in [5.74, 6) is 1.20. The van der Waals surface area contributed by atoms with Crippen molar-refractivity contribution in [2.75, 3.05) is 31.1 Å². The van der Waals surface area contributed by atoms with Crippen LogP contribution in [0.5, 0.6) is 5.75 Å². The molecule has 0 bridgehead atoms. The Morgan fingerprint density at radius 2 is 1.78 bits per heavy atom. The first kappa shape index (κ1) is 28.9. The number of halogens is 1. The van der Waals surface area contributed by atoms with E-state index < -0.39 is 5.60 Å². The van der Waals surface area contributed by atoms with Crippen LogP contribution >= 0.6 is 11.6 Å². The Hall–Kier alpha value is -3.58. The zero-order valence-electron chi connectivity index (χ0n) is 23.9. The zero-order chi connectivity index (χ0) is 29.2.